The zero-order chi connectivity index (χ0) is 13.5. The molecule has 104 valence electrons. The van der Waals surface area contributed by atoms with Gasteiger partial charge in [-0.25, -0.2) is 0 Å². The quantitative estimate of drug-likeness (QED) is 0.816. The lowest BCUT2D eigenvalue weighted by Gasteiger charge is -2.66. The van der Waals surface area contributed by atoms with Crippen molar-refractivity contribution in [2.45, 2.75) is 63.9 Å². The van der Waals surface area contributed by atoms with E-state index in [1.807, 2.05) is 6.07 Å². The summed E-state index contributed by atoms with van der Waals surface area (Å²) < 4.78 is 12.6. The molecule has 3 unspecified atom stereocenters. The molecule has 1 aromatic rings. The first-order valence-corrected chi connectivity index (χ1v) is 7.42. The molecule has 2 heteroatoms. The van der Waals surface area contributed by atoms with Gasteiger partial charge in [0.05, 0.1) is 12.2 Å². The minimum absolute atomic E-state index is 0.0399. The van der Waals surface area contributed by atoms with Gasteiger partial charge in [0.2, 0.25) is 0 Å². The predicted octanol–water partition coefficient (Wildman–Crippen LogP) is 3.94. The lowest BCUT2D eigenvalue weighted by Crippen LogP contribution is -2.76. The van der Waals surface area contributed by atoms with E-state index in [0.29, 0.717) is 12.5 Å². The van der Waals surface area contributed by atoms with E-state index in [1.54, 1.807) is 0 Å². The molecule has 2 bridgehead atoms. The third-order valence-electron chi connectivity index (χ3n) is 4.90. The van der Waals surface area contributed by atoms with E-state index in [4.69, 9.17) is 9.47 Å². The van der Waals surface area contributed by atoms with E-state index in [9.17, 15) is 0 Å². The summed E-state index contributed by atoms with van der Waals surface area (Å²) in [6, 6.07) is 10.4. The molecule has 2 fully saturated rings. The van der Waals surface area contributed by atoms with Crippen molar-refractivity contribution in [2.75, 3.05) is 0 Å². The highest BCUT2D eigenvalue weighted by atomic mass is 16.6. The molecule has 2 saturated heterocycles. The van der Waals surface area contributed by atoms with E-state index in [-0.39, 0.29) is 17.3 Å². The van der Waals surface area contributed by atoms with E-state index < -0.39 is 0 Å². The van der Waals surface area contributed by atoms with E-state index >= 15 is 0 Å². The molecule has 2 nitrogen and oxygen atoms in total. The maximum absolute atomic E-state index is 6.29. The first-order chi connectivity index (χ1) is 9.07. The van der Waals surface area contributed by atoms with Crippen molar-refractivity contribution >= 4 is 0 Å². The van der Waals surface area contributed by atoms with Crippen LogP contribution in [-0.4, -0.2) is 17.3 Å². The summed E-state index contributed by atoms with van der Waals surface area (Å²) in [7, 11) is 0. The molecular formula is C17H24O2. The molecule has 0 N–H and O–H groups in total. The van der Waals surface area contributed by atoms with Crippen LogP contribution in [0.5, 0.6) is 0 Å². The van der Waals surface area contributed by atoms with Crippen LogP contribution in [0.25, 0.3) is 0 Å². The lowest BCUT2D eigenvalue weighted by atomic mass is 9.62. The molecule has 3 rings (SSSR count). The van der Waals surface area contributed by atoms with Gasteiger partial charge in [0.25, 0.3) is 0 Å². The molecule has 0 radical (unpaired) electrons. The fraction of sp³-hybridized carbons (Fsp3) is 0.647. The van der Waals surface area contributed by atoms with Crippen molar-refractivity contribution in [1.29, 1.82) is 0 Å². The summed E-state index contributed by atoms with van der Waals surface area (Å²) >= 11 is 0. The summed E-state index contributed by atoms with van der Waals surface area (Å²) in [4.78, 5) is 0. The first-order valence-electron chi connectivity index (χ1n) is 7.42. The fourth-order valence-corrected chi connectivity index (χ4v) is 3.86. The van der Waals surface area contributed by atoms with Gasteiger partial charge in [-0.2, -0.15) is 0 Å². The number of fused-ring (bicyclic) bond motifs is 2. The molecule has 2 aliphatic heterocycles. The minimum Gasteiger partial charge on any atom is -0.368 e. The van der Waals surface area contributed by atoms with Gasteiger partial charge in [-0.3, -0.25) is 0 Å². The molecule has 3 atom stereocenters. The topological polar surface area (TPSA) is 18.5 Å². The molecule has 0 aliphatic carbocycles. The van der Waals surface area contributed by atoms with Crippen LogP contribution in [0.4, 0.5) is 0 Å². The van der Waals surface area contributed by atoms with Gasteiger partial charge in [0.1, 0.15) is 11.7 Å². The second kappa shape index (κ2) is 4.60. The summed E-state index contributed by atoms with van der Waals surface area (Å²) in [5.41, 5.74) is 1.15. The lowest BCUT2D eigenvalue weighted by molar-refractivity contribution is -0.390. The van der Waals surface area contributed by atoms with Gasteiger partial charge in [0, 0.05) is 0 Å². The van der Waals surface area contributed by atoms with Crippen molar-refractivity contribution in [3.8, 4) is 0 Å². The largest absolute Gasteiger partial charge is 0.368 e. The predicted molar refractivity (Wildman–Crippen MR) is 75.9 cm³/mol. The third-order valence-corrected chi connectivity index (χ3v) is 4.90. The Morgan fingerprint density at radius 3 is 2.68 bits per heavy atom. The fourth-order valence-electron chi connectivity index (χ4n) is 3.86. The van der Waals surface area contributed by atoms with Gasteiger partial charge in [-0.1, -0.05) is 44.2 Å². The minimum atomic E-state index is -0.0582. The van der Waals surface area contributed by atoms with Gasteiger partial charge in [-0.05, 0) is 37.7 Å². The Morgan fingerprint density at radius 1 is 1.26 bits per heavy atom. The average Bonchev–Trinajstić information content (AvgIpc) is 2.39. The second-order valence-electron chi connectivity index (χ2n) is 6.55. The van der Waals surface area contributed by atoms with Crippen LogP contribution in [0, 0.1) is 5.92 Å². The monoisotopic (exact) mass is 260 g/mol. The highest BCUT2D eigenvalue weighted by Gasteiger charge is 2.66. The van der Waals surface area contributed by atoms with Gasteiger partial charge >= 0.3 is 0 Å². The number of hydrogen-bond donors (Lipinski definition) is 0. The van der Waals surface area contributed by atoms with Crippen LogP contribution in [0.1, 0.15) is 45.6 Å². The van der Waals surface area contributed by atoms with Crippen molar-refractivity contribution in [2.24, 2.45) is 5.92 Å². The van der Waals surface area contributed by atoms with Gasteiger partial charge in [-0.15, -0.1) is 0 Å². The number of ether oxygens (including phenoxy) is 2. The first kappa shape index (κ1) is 13.1. The molecular weight excluding hydrogens is 236 g/mol. The maximum Gasteiger partial charge on any atom is 0.116 e. The van der Waals surface area contributed by atoms with Crippen LogP contribution in [-0.2, 0) is 16.1 Å². The Bertz CT molecular complexity index is 442. The van der Waals surface area contributed by atoms with Crippen LogP contribution >= 0.6 is 0 Å². The molecule has 0 saturated carbocycles. The van der Waals surface area contributed by atoms with E-state index in [2.05, 4.69) is 45.0 Å². The highest BCUT2D eigenvalue weighted by Crippen LogP contribution is 2.57. The molecule has 0 amide bonds. The highest BCUT2D eigenvalue weighted by molar-refractivity contribution is 5.17. The Morgan fingerprint density at radius 2 is 2.00 bits per heavy atom. The molecule has 2 aliphatic rings. The van der Waals surface area contributed by atoms with Crippen LogP contribution < -0.4 is 0 Å². The van der Waals surface area contributed by atoms with Crippen LogP contribution in [0.2, 0.25) is 0 Å². The van der Waals surface area contributed by atoms with Gasteiger partial charge < -0.3 is 9.47 Å². The number of hydrogen-bond acceptors (Lipinski definition) is 2. The summed E-state index contributed by atoms with van der Waals surface area (Å²) in [5.74, 6) is 0.515. The Balaban J connectivity index is 1.72. The molecule has 0 aromatic heterocycles. The summed E-state index contributed by atoms with van der Waals surface area (Å²) in [6.45, 7) is 7.41. The van der Waals surface area contributed by atoms with E-state index in [0.717, 1.165) is 12.8 Å². The van der Waals surface area contributed by atoms with Crippen LogP contribution in [0.3, 0.4) is 0 Å². The standard InChI is InChI=1S/C17H24O2/c1-13(2)17-11-7-10-16(3,19-17)15(17)18-12-14-8-5-4-6-9-14/h4-6,8-9,13,15H,7,10-12H2,1-3H3. The van der Waals surface area contributed by atoms with Crippen molar-refractivity contribution < 1.29 is 9.47 Å². The second-order valence-corrected chi connectivity index (χ2v) is 6.55. The molecule has 2 heterocycles. The number of rotatable bonds is 4. The summed E-state index contributed by atoms with van der Waals surface area (Å²) in [6.07, 6.45) is 3.77. The Hall–Kier alpha value is -0.860. The smallest absolute Gasteiger partial charge is 0.116 e. The maximum atomic E-state index is 6.29. The zero-order valence-corrected chi connectivity index (χ0v) is 12.2. The van der Waals surface area contributed by atoms with E-state index in [1.165, 1.54) is 12.0 Å². The Labute approximate surface area is 116 Å². The normalized spacial score (nSPS) is 37.2. The molecule has 0 spiro atoms. The average molecular weight is 260 g/mol. The van der Waals surface area contributed by atoms with Crippen LogP contribution in [0.15, 0.2) is 30.3 Å². The SMILES string of the molecule is CC(C)C12CCCC(C)(O1)C2OCc1ccccc1. The molecule has 1 aromatic carbocycles. The zero-order valence-electron chi connectivity index (χ0n) is 12.2. The molecule has 19 heavy (non-hydrogen) atoms. The van der Waals surface area contributed by atoms with Crippen molar-refractivity contribution in [3.05, 3.63) is 35.9 Å². The number of benzene rings is 1. The van der Waals surface area contributed by atoms with Gasteiger partial charge in [0.15, 0.2) is 0 Å². The third kappa shape index (κ3) is 2.02. The summed E-state index contributed by atoms with van der Waals surface area (Å²) in [5, 5.41) is 0. The van der Waals surface area contributed by atoms with Crippen molar-refractivity contribution in [1.82, 2.24) is 0 Å². The Kier molecular flexibility index (Phi) is 3.18. The van der Waals surface area contributed by atoms with Crippen molar-refractivity contribution in [3.63, 3.8) is 0 Å².